The fourth-order valence-electron chi connectivity index (χ4n) is 4.67. The summed E-state index contributed by atoms with van der Waals surface area (Å²) < 4.78 is 5.75. The van der Waals surface area contributed by atoms with Gasteiger partial charge < -0.3 is 9.88 Å². The molecule has 1 aliphatic heterocycles. The SMILES string of the molecule is Cc1cccc(Cc2ncn([C@H]3CCNC3)c2-c2ccc3c(c2)n(C)c(=O)n3C)c1. The number of fused-ring (bicyclic) bond motifs is 1. The molecule has 3 heterocycles. The fourth-order valence-corrected chi connectivity index (χ4v) is 4.67. The van der Waals surface area contributed by atoms with Crippen molar-refractivity contribution in [1.29, 1.82) is 0 Å². The van der Waals surface area contributed by atoms with E-state index in [4.69, 9.17) is 4.98 Å². The first kappa shape index (κ1) is 18.9. The van der Waals surface area contributed by atoms with Gasteiger partial charge in [0.1, 0.15) is 0 Å². The van der Waals surface area contributed by atoms with E-state index < -0.39 is 0 Å². The van der Waals surface area contributed by atoms with Gasteiger partial charge in [0, 0.05) is 38.7 Å². The zero-order chi connectivity index (χ0) is 20.8. The Morgan fingerprint density at radius 1 is 1.10 bits per heavy atom. The van der Waals surface area contributed by atoms with Crippen molar-refractivity contribution in [3.63, 3.8) is 0 Å². The highest BCUT2D eigenvalue weighted by molar-refractivity contribution is 5.82. The van der Waals surface area contributed by atoms with Gasteiger partial charge in [0.15, 0.2) is 0 Å². The molecule has 30 heavy (non-hydrogen) atoms. The lowest BCUT2D eigenvalue weighted by molar-refractivity contribution is 0.551. The van der Waals surface area contributed by atoms with Gasteiger partial charge in [-0.25, -0.2) is 9.78 Å². The summed E-state index contributed by atoms with van der Waals surface area (Å²) in [6.07, 6.45) is 3.88. The maximum absolute atomic E-state index is 12.4. The first-order valence-electron chi connectivity index (χ1n) is 10.5. The highest BCUT2D eigenvalue weighted by Gasteiger charge is 2.23. The second-order valence-corrected chi connectivity index (χ2v) is 8.36. The lowest BCUT2D eigenvalue weighted by Crippen LogP contribution is -2.19. The third-order valence-electron chi connectivity index (χ3n) is 6.30. The average Bonchev–Trinajstić information content (AvgIpc) is 3.45. The molecule has 0 radical (unpaired) electrons. The predicted octanol–water partition coefficient (Wildman–Crippen LogP) is 3.17. The number of hydrogen-bond donors (Lipinski definition) is 1. The normalized spacial score (nSPS) is 16.6. The van der Waals surface area contributed by atoms with Crippen LogP contribution in [0.5, 0.6) is 0 Å². The summed E-state index contributed by atoms with van der Waals surface area (Å²) in [6.45, 7) is 4.11. The molecule has 6 heteroatoms. The molecule has 2 aromatic carbocycles. The summed E-state index contributed by atoms with van der Waals surface area (Å²) in [7, 11) is 3.66. The molecule has 5 rings (SSSR count). The first-order valence-corrected chi connectivity index (χ1v) is 10.5. The molecule has 6 nitrogen and oxygen atoms in total. The van der Waals surface area contributed by atoms with Gasteiger partial charge in [0.05, 0.1) is 28.7 Å². The molecule has 4 aromatic rings. The molecule has 1 N–H and O–H groups in total. The summed E-state index contributed by atoms with van der Waals surface area (Å²) in [5.74, 6) is 0. The van der Waals surface area contributed by atoms with E-state index >= 15 is 0 Å². The molecule has 0 amide bonds. The first-order chi connectivity index (χ1) is 14.5. The van der Waals surface area contributed by atoms with E-state index in [0.717, 1.165) is 53.9 Å². The molecule has 1 saturated heterocycles. The summed E-state index contributed by atoms with van der Waals surface area (Å²) in [4.78, 5) is 17.3. The predicted molar refractivity (Wildman–Crippen MR) is 120 cm³/mol. The minimum absolute atomic E-state index is 0.00404. The van der Waals surface area contributed by atoms with Crippen LogP contribution in [0.4, 0.5) is 0 Å². The van der Waals surface area contributed by atoms with Crippen LogP contribution < -0.4 is 11.0 Å². The topological polar surface area (TPSA) is 56.8 Å². The van der Waals surface area contributed by atoms with Crippen molar-refractivity contribution < 1.29 is 0 Å². The molecule has 1 atom stereocenters. The zero-order valence-electron chi connectivity index (χ0n) is 17.7. The molecule has 0 unspecified atom stereocenters. The molecular formula is C24H27N5O. The number of hydrogen-bond acceptors (Lipinski definition) is 3. The Hall–Kier alpha value is -3.12. The van der Waals surface area contributed by atoms with Crippen LogP contribution in [-0.2, 0) is 20.5 Å². The Kier molecular flexibility index (Phi) is 4.59. The molecule has 154 valence electrons. The lowest BCUT2D eigenvalue weighted by atomic mass is 10.0. The third kappa shape index (κ3) is 3.08. The summed E-state index contributed by atoms with van der Waals surface area (Å²) in [5.41, 5.74) is 7.75. The van der Waals surface area contributed by atoms with Crippen LogP contribution in [0.25, 0.3) is 22.3 Å². The number of nitrogens with one attached hydrogen (secondary N) is 1. The van der Waals surface area contributed by atoms with Gasteiger partial charge in [-0.2, -0.15) is 0 Å². The highest BCUT2D eigenvalue weighted by atomic mass is 16.1. The van der Waals surface area contributed by atoms with Gasteiger partial charge >= 0.3 is 5.69 Å². The van der Waals surface area contributed by atoms with Crippen LogP contribution in [0.15, 0.2) is 53.6 Å². The van der Waals surface area contributed by atoms with Crippen molar-refractivity contribution in [3.8, 4) is 11.3 Å². The second-order valence-electron chi connectivity index (χ2n) is 8.36. The highest BCUT2D eigenvalue weighted by Crippen LogP contribution is 2.32. The molecule has 0 bridgehead atoms. The maximum Gasteiger partial charge on any atom is 0.328 e. The Morgan fingerprint density at radius 2 is 1.93 bits per heavy atom. The van der Waals surface area contributed by atoms with E-state index in [2.05, 4.69) is 53.2 Å². The van der Waals surface area contributed by atoms with E-state index in [0.29, 0.717) is 6.04 Å². The molecule has 0 aliphatic carbocycles. The summed E-state index contributed by atoms with van der Waals surface area (Å²) in [5, 5.41) is 3.47. The average molecular weight is 402 g/mol. The minimum Gasteiger partial charge on any atom is -0.326 e. The minimum atomic E-state index is -0.00404. The number of imidazole rings is 2. The van der Waals surface area contributed by atoms with Crippen LogP contribution in [0.1, 0.15) is 29.3 Å². The quantitative estimate of drug-likeness (QED) is 0.571. The monoisotopic (exact) mass is 401 g/mol. The Balaban J connectivity index is 1.67. The van der Waals surface area contributed by atoms with Crippen molar-refractivity contribution in [2.75, 3.05) is 13.1 Å². The van der Waals surface area contributed by atoms with Crippen LogP contribution in [0.3, 0.4) is 0 Å². The standard InChI is InChI=1S/C24H27N5O/c1-16-5-4-6-17(11-16)12-20-23(29(15-26-20)19-9-10-25-14-19)18-7-8-21-22(13-18)28(3)24(30)27(21)2/h4-8,11,13,15,19,25H,9-10,12,14H2,1-3H3/t19-/m0/s1. The van der Waals surface area contributed by atoms with E-state index in [1.54, 1.807) is 9.13 Å². The molecule has 1 fully saturated rings. The largest absolute Gasteiger partial charge is 0.328 e. The molecule has 2 aromatic heterocycles. The number of nitrogens with zero attached hydrogens (tertiary/aromatic N) is 4. The fraction of sp³-hybridized carbons (Fsp3) is 0.333. The van der Waals surface area contributed by atoms with E-state index in [1.807, 2.05) is 26.5 Å². The van der Waals surface area contributed by atoms with Gasteiger partial charge in [-0.15, -0.1) is 0 Å². The molecular weight excluding hydrogens is 374 g/mol. The maximum atomic E-state index is 12.4. The van der Waals surface area contributed by atoms with Gasteiger partial charge in [0.2, 0.25) is 0 Å². The molecule has 1 aliphatic rings. The van der Waals surface area contributed by atoms with Crippen molar-refractivity contribution in [3.05, 3.63) is 76.1 Å². The van der Waals surface area contributed by atoms with Crippen molar-refractivity contribution in [2.45, 2.75) is 25.8 Å². The summed E-state index contributed by atoms with van der Waals surface area (Å²) in [6, 6.07) is 15.3. The number of aryl methyl sites for hydroxylation is 3. The Bertz CT molecular complexity index is 1290. The number of rotatable bonds is 4. The van der Waals surface area contributed by atoms with Crippen LogP contribution >= 0.6 is 0 Å². The van der Waals surface area contributed by atoms with Gasteiger partial charge in [-0.3, -0.25) is 9.13 Å². The molecule has 0 spiro atoms. The molecule has 0 saturated carbocycles. The smallest absolute Gasteiger partial charge is 0.326 e. The summed E-state index contributed by atoms with van der Waals surface area (Å²) >= 11 is 0. The van der Waals surface area contributed by atoms with E-state index in [-0.39, 0.29) is 5.69 Å². The third-order valence-corrected chi connectivity index (χ3v) is 6.30. The van der Waals surface area contributed by atoms with Gasteiger partial charge in [0.25, 0.3) is 0 Å². The van der Waals surface area contributed by atoms with Crippen LogP contribution in [0, 0.1) is 6.92 Å². The Morgan fingerprint density at radius 3 is 2.70 bits per heavy atom. The van der Waals surface area contributed by atoms with Crippen molar-refractivity contribution in [2.24, 2.45) is 14.1 Å². The van der Waals surface area contributed by atoms with Gasteiger partial charge in [-0.05, 0) is 37.6 Å². The zero-order valence-corrected chi connectivity index (χ0v) is 17.7. The Labute approximate surface area is 175 Å². The van der Waals surface area contributed by atoms with Crippen LogP contribution in [0.2, 0.25) is 0 Å². The van der Waals surface area contributed by atoms with Gasteiger partial charge in [-0.1, -0.05) is 35.9 Å². The number of benzene rings is 2. The number of aromatic nitrogens is 4. The van der Waals surface area contributed by atoms with Crippen LogP contribution in [-0.4, -0.2) is 31.8 Å². The lowest BCUT2D eigenvalue weighted by Gasteiger charge is -2.16. The second kappa shape index (κ2) is 7.29. The van der Waals surface area contributed by atoms with Crippen molar-refractivity contribution in [1.82, 2.24) is 24.0 Å². The van der Waals surface area contributed by atoms with E-state index in [9.17, 15) is 4.79 Å². The van der Waals surface area contributed by atoms with Crippen molar-refractivity contribution >= 4 is 11.0 Å². The van der Waals surface area contributed by atoms with E-state index in [1.165, 1.54) is 11.1 Å².